The summed E-state index contributed by atoms with van der Waals surface area (Å²) >= 11 is 3.12. The lowest BCUT2D eigenvalue weighted by Crippen LogP contribution is -2.27. The van der Waals surface area contributed by atoms with Gasteiger partial charge in [0.25, 0.3) is 0 Å². The Morgan fingerprint density at radius 1 is 1.25 bits per heavy atom. The summed E-state index contributed by atoms with van der Waals surface area (Å²) in [7, 11) is 0. The van der Waals surface area contributed by atoms with Crippen LogP contribution in [0.3, 0.4) is 0 Å². The molecular weight excluding hydrogens is 373 g/mol. The quantitative estimate of drug-likeness (QED) is 0.674. The van der Waals surface area contributed by atoms with Crippen molar-refractivity contribution in [3.63, 3.8) is 0 Å². The van der Waals surface area contributed by atoms with Crippen molar-refractivity contribution < 1.29 is 13.9 Å². The van der Waals surface area contributed by atoms with Gasteiger partial charge in [-0.15, -0.1) is 0 Å². The van der Waals surface area contributed by atoms with Gasteiger partial charge in [0.15, 0.2) is 0 Å². The molecule has 5 heteroatoms. The molecule has 0 radical (unpaired) electrons. The first kappa shape index (κ1) is 18.6. The minimum Gasteiger partial charge on any atom is -0.374 e. The molecule has 1 unspecified atom stereocenters. The number of hydrogen-bond acceptors (Lipinski definition) is 2. The van der Waals surface area contributed by atoms with Gasteiger partial charge in [0.1, 0.15) is 5.82 Å². The van der Waals surface area contributed by atoms with E-state index in [1.54, 1.807) is 12.1 Å². The molecule has 0 aromatic heterocycles. The number of hydrogen-bond donors (Lipinski definition) is 1. The molecule has 0 fully saturated rings. The maximum Gasteiger partial charge on any atom is 0.224 e. The van der Waals surface area contributed by atoms with Crippen molar-refractivity contribution in [2.24, 2.45) is 0 Å². The van der Waals surface area contributed by atoms with Crippen molar-refractivity contribution in [3.8, 4) is 0 Å². The second-order valence-electron chi connectivity index (χ2n) is 5.55. The molecule has 0 saturated carbocycles. The van der Waals surface area contributed by atoms with Crippen LogP contribution < -0.4 is 5.32 Å². The SMILES string of the molecule is CC(OCCCNC(=O)Cc1ccc(F)c(Br)c1)c1ccccc1. The van der Waals surface area contributed by atoms with E-state index in [4.69, 9.17) is 4.74 Å². The molecule has 0 aliphatic rings. The molecule has 0 spiro atoms. The van der Waals surface area contributed by atoms with Gasteiger partial charge in [-0.1, -0.05) is 36.4 Å². The summed E-state index contributed by atoms with van der Waals surface area (Å²) in [4.78, 5) is 11.9. The largest absolute Gasteiger partial charge is 0.374 e. The van der Waals surface area contributed by atoms with Crippen LogP contribution in [0.5, 0.6) is 0 Å². The Morgan fingerprint density at radius 3 is 2.71 bits per heavy atom. The fourth-order valence-electron chi connectivity index (χ4n) is 2.28. The number of ether oxygens (including phenoxy) is 1. The second kappa shape index (κ2) is 9.55. The van der Waals surface area contributed by atoms with Crippen LogP contribution in [0.25, 0.3) is 0 Å². The third kappa shape index (κ3) is 6.06. The minimum absolute atomic E-state index is 0.0402. The second-order valence-corrected chi connectivity index (χ2v) is 6.41. The molecule has 1 amide bonds. The van der Waals surface area contributed by atoms with Gasteiger partial charge in [0.05, 0.1) is 17.0 Å². The maximum absolute atomic E-state index is 13.2. The van der Waals surface area contributed by atoms with Crippen LogP contribution in [-0.2, 0) is 16.0 Å². The number of halogens is 2. The van der Waals surface area contributed by atoms with Gasteiger partial charge < -0.3 is 10.1 Å². The lowest BCUT2D eigenvalue weighted by molar-refractivity contribution is -0.120. The molecule has 24 heavy (non-hydrogen) atoms. The average molecular weight is 394 g/mol. The van der Waals surface area contributed by atoms with E-state index < -0.39 is 0 Å². The number of carbonyl (C=O) groups is 1. The van der Waals surface area contributed by atoms with Gasteiger partial charge in [-0.2, -0.15) is 0 Å². The predicted molar refractivity (Wildman–Crippen MR) is 96.2 cm³/mol. The maximum atomic E-state index is 13.2. The molecule has 1 N–H and O–H groups in total. The Labute approximate surface area is 150 Å². The molecule has 2 aromatic carbocycles. The van der Waals surface area contributed by atoms with Crippen LogP contribution in [0.4, 0.5) is 4.39 Å². The molecule has 128 valence electrons. The fourth-order valence-corrected chi connectivity index (χ4v) is 2.70. The molecule has 2 rings (SSSR count). The summed E-state index contributed by atoms with van der Waals surface area (Å²) in [5.41, 5.74) is 1.91. The summed E-state index contributed by atoms with van der Waals surface area (Å²) in [6.45, 7) is 3.15. The van der Waals surface area contributed by atoms with Gasteiger partial charge in [0.2, 0.25) is 5.91 Å². The monoisotopic (exact) mass is 393 g/mol. The summed E-state index contributed by atoms with van der Waals surface area (Å²) in [5.74, 6) is -0.409. The van der Waals surface area contributed by atoms with Crippen LogP contribution in [0.2, 0.25) is 0 Å². The highest BCUT2D eigenvalue weighted by molar-refractivity contribution is 9.10. The van der Waals surface area contributed by atoms with E-state index in [9.17, 15) is 9.18 Å². The third-order valence-electron chi connectivity index (χ3n) is 3.63. The lowest BCUT2D eigenvalue weighted by atomic mass is 10.1. The van der Waals surface area contributed by atoms with Crippen LogP contribution >= 0.6 is 15.9 Å². The Hall–Kier alpha value is -1.72. The topological polar surface area (TPSA) is 38.3 Å². The van der Waals surface area contributed by atoms with Gasteiger partial charge >= 0.3 is 0 Å². The summed E-state index contributed by atoms with van der Waals surface area (Å²) in [5, 5.41) is 2.85. The summed E-state index contributed by atoms with van der Waals surface area (Å²) in [6, 6.07) is 14.6. The number of benzene rings is 2. The first-order chi connectivity index (χ1) is 11.6. The summed E-state index contributed by atoms with van der Waals surface area (Å²) < 4.78 is 19.3. The zero-order chi connectivity index (χ0) is 17.4. The van der Waals surface area contributed by atoms with Crippen LogP contribution in [0, 0.1) is 5.82 Å². The molecule has 0 saturated heterocycles. The van der Waals surface area contributed by atoms with Crippen molar-refractivity contribution >= 4 is 21.8 Å². The van der Waals surface area contributed by atoms with Gasteiger partial charge in [-0.3, -0.25) is 4.79 Å². The first-order valence-corrected chi connectivity index (χ1v) is 8.72. The number of amides is 1. The molecule has 0 bridgehead atoms. The van der Waals surface area contributed by atoms with E-state index >= 15 is 0 Å². The van der Waals surface area contributed by atoms with Crippen molar-refractivity contribution in [3.05, 3.63) is 69.9 Å². The van der Waals surface area contributed by atoms with Crippen molar-refractivity contribution in [1.82, 2.24) is 5.32 Å². The van der Waals surface area contributed by atoms with E-state index in [0.717, 1.165) is 17.5 Å². The van der Waals surface area contributed by atoms with Crippen molar-refractivity contribution in [1.29, 1.82) is 0 Å². The number of nitrogens with one attached hydrogen (secondary N) is 1. The zero-order valence-electron chi connectivity index (χ0n) is 13.6. The van der Waals surface area contributed by atoms with E-state index in [-0.39, 0.29) is 24.2 Å². The average Bonchev–Trinajstić information content (AvgIpc) is 2.58. The fraction of sp³-hybridized carbons (Fsp3) is 0.316. The smallest absolute Gasteiger partial charge is 0.224 e. The molecule has 1 atom stereocenters. The standard InChI is InChI=1S/C19H21BrFNO2/c1-14(16-6-3-2-4-7-16)24-11-5-10-22-19(23)13-15-8-9-18(21)17(20)12-15/h2-4,6-9,12,14H,5,10-11,13H2,1H3,(H,22,23). The molecule has 0 aliphatic heterocycles. The Balaban J connectivity index is 1.63. The highest BCUT2D eigenvalue weighted by Crippen LogP contribution is 2.17. The van der Waals surface area contributed by atoms with Gasteiger partial charge in [-0.05, 0) is 52.5 Å². The first-order valence-electron chi connectivity index (χ1n) is 7.93. The lowest BCUT2D eigenvalue weighted by Gasteiger charge is -2.13. The Bertz CT molecular complexity index is 664. The van der Waals surface area contributed by atoms with E-state index in [2.05, 4.69) is 21.2 Å². The molecule has 2 aromatic rings. The van der Waals surface area contributed by atoms with Crippen molar-refractivity contribution in [2.75, 3.05) is 13.2 Å². The van der Waals surface area contributed by atoms with E-state index in [1.165, 1.54) is 6.07 Å². The Morgan fingerprint density at radius 2 is 2.00 bits per heavy atom. The Kier molecular flexibility index (Phi) is 7.40. The highest BCUT2D eigenvalue weighted by Gasteiger charge is 2.07. The van der Waals surface area contributed by atoms with Crippen LogP contribution in [0.1, 0.15) is 30.6 Å². The van der Waals surface area contributed by atoms with Crippen LogP contribution in [0.15, 0.2) is 53.0 Å². The zero-order valence-corrected chi connectivity index (χ0v) is 15.2. The highest BCUT2D eigenvalue weighted by atomic mass is 79.9. The molecule has 0 aliphatic carbocycles. The normalized spacial score (nSPS) is 12.0. The van der Waals surface area contributed by atoms with Crippen LogP contribution in [-0.4, -0.2) is 19.1 Å². The molecular formula is C19H21BrFNO2. The predicted octanol–water partition coefficient (Wildman–Crippen LogP) is 4.41. The van der Waals surface area contributed by atoms with Gasteiger partial charge in [-0.25, -0.2) is 4.39 Å². The van der Waals surface area contributed by atoms with E-state index in [0.29, 0.717) is 17.6 Å². The van der Waals surface area contributed by atoms with Gasteiger partial charge in [0, 0.05) is 13.2 Å². The van der Waals surface area contributed by atoms with E-state index in [1.807, 2.05) is 37.3 Å². The minimum atomic E-state index is -0.330. The summed E-state index contributed by atoms with van der Waals surface area (Å²) in [6.07, 6.45) is 1.02. The molecule has 3 nitrogen and oxygen atoms in total. The molecule has 0 heterocycles. The van der Waals surface area contributed by atoms with Crippen molar-refractivity contribution in [2.45, 2.75) is 25.9 Å². The third-order valence-corrected chi connectivity index (χ3v) is 4.24. The number of rotatable bonds is 8. The number of carbonyl (C=O) groups excluding carboxylic acids is 1.